The molecule has 4 rings (SSSR count). The lowest BCUT2D eigenvalue weighted by molar-refractivity contribution is -0.139. The zero-order valence-corrected chi connectivity index (χ0v) is 20.9. The van der Waals surface area contributed by atoms with Gasteiger partial charge in [0.25, 0.3) is 0 Å². The number of carbonyl (C=O) groups is 1. The molecule has 3 aliphatic rings. The fourth-order valence-electron chi connectivity index (χ4n) is 5.00. The van der Waals surface area contributed by atoms with Gasteiger partial charge in [-0.1, -0.05) is 6.07 Å². The maximum Gasteiger partial charge on any atom is 0.249 e. The number of rotatable bonds is 7. The molecule has 196 valence electrons. The molecule has 1 atom stereocenters. The van der Waals surface area contributed by atoms with E-state index in [9.17, 15) is 22.0 Å². The molecule has 3 fully saturated rings. The van der Waals surface area contributed by atoms with Crippen molar-refractivity contribution in [1.29, 1.82) is 0 Å². The second-order valence-electron chi connectivity index (χ2n) is 9.36. The monoisotopic (exact) mass is 516 g/mol. The molecular weight excluding hydrogens is 482 g/mol. The van der Waals surface area contributed by atoms with Gasteiger partial charge in [-0.2, -0.15) is 4.31 Å². The first-order valence-corrected chi connectivity index (χ1v) is 13.5. The number of ether oxygens (including phenoxy) is 2. The minimum absolute atomic E-state index is 0.0126. The van der Waals surface area contributed by atoms with Crippen molar-refractivity contribution in [3.8, 4) is 0 Å². The average Bonchev–Trinajstić information content (AvgIpc) is 2.84. The summed E-state index contributed by atoms with van der Waals surface area (Å²) in [5, 5.41) is 0. The third kappa shape index (κ3) is 6.17. The number of benzene rings is 1. The van der Waals surface area contributed by atoms with Crippen LogP contribution in [0.4, 0.5) is 8.78 Å². The van der Waals surface area contributed by atoms with E-state index in [0.717, 1.165) is 61.5 Å². The summed E-state index contributed by atoms with van der Waals surface area (Å²) < 4.78 is 66.4. The van der Waals surface area contributed by atoms with Crippen LogP contribution in [0.25, 0.3) is 0 Å². The zero-order valence-electron chi connectivity index (χ0n) is 20.1. The predicted molar refractivity (Wildman–Crippen MR) is 124 cm³/mol. The van der Waals surface area contributed by atoms with Gasteiger partial charge in [-0.3, -0.25) is 9.69 Å². The Hall–Kier alpha value is -1.70. The molecule has 0 radical (unpaired) electrons. The highest BCUT2D eigenvalue weighted by molar-refractivity contribution is 7.89. The number of hydrogen-bond donors (Lipinski definition) is 0. The van der Waals surface area contributed by atoms with Crippen molar-refractivity contribution in [2.75, 3.05) is 79.3 Å². The summed E-state index contributed by atoms with van der Waals surface area (Å²) in [6, 6.07) is 2.71. The van der Waals surface area contributed by atoms with E-state index in [0.29, 0.717) is 19.1 Å². The number of likely N-dealkylation sites (tertiary alicyclic amines) is 1. The fraction of sp³-hybridized carbons (Fsp3) is 0.696. The van der Waals surface area contributed by atoms with Gasteiger partial charge in [0.2, 0.25) is 15.9 Å². The zero-order chi connectivity index (χ0) is 25.0. The Morgan fingerprint density at radius 2 is 1.71 bits per heavy atom. The summed E-state index contributed by atoms with van der Waals surface area (Å²) in [5.74, 6) is -2.45. The highest BCUT2D eigenvalue weighted by Crippen LogP contribution is 2.26. The summed E-state index contributed by atoms with van der Waals surface area (Å²) in [4.78, 5) is 18.3. The number of carbonyl (C=O) groups excluding carboxylic acids is 1. The first kappa shape index (κ1) is 26.4. The quantitative estimate of drug-likeness (QED) is 0.525. The molecule has 0 bridgehead atoms. The molecule has 0 saturated carbocycles. The van der Waals surface area contributed by atoms with Gasteiger partial charge in [0.05, 0.1) is 25.9 Å². The summed E-state index contributed by atoms with van der Waals surface area (Å²) >= 11 is 0. The fourth-order valence-corrected chi connectivity index (χ4v) is 6.70. The molecular formula is C23H34F2N4O5S. The van der Waals surface area contributed by atoms with Crippen molar-refractivity contribution in [2.45, 2.75) is 29.8 Å². The Bertz CT molecular complexity index is 962. The second-order valence-corrected chi connectivity index (χ2v) is 11.2. The maximum absolute atomic E-state index is 14.2. The minimum atomic E-state index is -4.44. The van der Waals surface area contributed by atoms with Crippen LogP contribution in [0.3, 0.4) is 0 Å². The number of nitrogens with zero attached hydrogens (tertiary/aromatic N) is 4. The van der Waals surface area contributed by atoms with Gasteiger partial charge in [0.1, 0.15) is 18.2 Å². The van der Waals surface area contributed by atoms with Crippen molar-refractivity contribution in [3.05, 3.63) is 29.8 Å². The third-order valence-corrected chi connectivity index (χ3v) is 9.07. The van der Waals surface area contributed by atoms with Gasteiger partial charge >= 0.3 is 0 Å². The molecule has 9 nitrogen and oxygen atoms in total. The lowest BCUT2D eigenvalue weighted by atomic mass is 10.0. The number of morpholine rings is 1. The predicted octanol–water partition coefficient (Wildman–Crippen LogP) is 0.609. The van der Waals surface area contributed by atoms with Gasteiger partial charge in [-0.15, -0.1) is 0 Å². The summed E-state index contributed by atoms with van der Waals surface area (Å²) in [6.45, 7) is 4.87. The first-order valence-electron chi connectivity index (χ1n) is 12.1. The van der Waals surface area contributed by atoms with Gasteiger partial charge in [0, 0.05) is 38.8 Å². The van der Waals surface area contributed by atoms with Gasteiger partial charge < -0.3 is 19.3 Å². The Morgan fingerprint density at radius 3 is 2.37 bits per heavy atom. The summed E-state index contributed by atoms with van der Waals surface area (Å²) in [5.41, 5.74) is 0. The van der Waals surface area contributed by atoms with Crippen LogP contribution in [-0.4, -0.2) is 125 Å². The molecule has 35 heavy (non-hydrogen) atoms. The van der Waals surface area contributed by atoms with E-state index in [2.05, 4.69) is 16.8 Å². The van der Waals surface area contributed by atoms with Crippen LogP contribution in [0.15, 0.2) is 23.1 Å². The van der Waals surface area contributed by atoms with E-state index >= 15 is 0 Å². The molecule has 1 aromatic carbocycles. The summed E-state index contributed by atoms with van der Waals surface area (Å²) in [7, 11) is -2.31. The van der Waals surface area contributed by atoms with Crippen molar-refractivity contribution in [3.63, 3.8) is 0 Å². The molecule has 12 heteroatoms. The normalized spacial score (nSPS) is 24.1. The second kappa shape index (κ2) is 11.6. The molecule has 3 aliphatic heterocycles. The molecule has 3 heterocycles. The van der Waals surface area contributed by atoms with Crippen LogP contribution in [-0.2, 0) is 24.3 Å². The molecule has 1 aromatic rings. The van der Waals surface area contributed by atoms with E-state index in [-0.39, 0.29) is 38.9 Å². The number of hydrogen-bond acceptors (Lipinski definition) is 7. The molecule has 0 spiro atoms. The van der Waals surface area contributed by atoms with Crippen molar-refractivity contribution in [1.82, 2.24) is 19.0 Å². The third-order valence-electron chi connectivity index (χ3n) is 7.07. The summed E-state index contributed by atoms with van der Waals surface area (Å²) in [6.07, 6.45) is 2.29. The van der Waals surface area contributed by atoms with E-state index in [1.807, 2.05) is 0 Å². The van der Waals surface area contributed by atoms with E-state index in [1.54, 1.807) is 4.90 Å². The van der Waals surface area contributed by atoms with Gasteiger partial charge in [-0.05, 0) is 45.1 Å². The van der Waals surface area contributed by atoms with E-state index in [4.69, 9.17) is 9.47 Å². The molecule has 0 N–H and O–H groups in total. The van der Waals surface area contributed by atoms with Gasteiger partial charge in [0.15, 0.2) is 4.90 Å². The van der Waals surface area contributed by atoms with Gasteiger partial charge in [-0.25, -0.2) is 17.2 Å². The highest BCUT2D eigenvalue weighted by atomic mass is 32.2. The standard InChI is InChI=1S/C23H34F2N4O5S/c1-26-7-5-18(6-8-26)27-9-11-28(12-10-27)22(30)17-34-16-19-15-33-14-13-29(19)35(31,32)23-20(24)3-2-4-21(23)25/h2-4,18-19H,5-17H2,1H3/t19-/m0/s1. The maximum atomic E-state index is 14.2. The SMILES string of the molecule is CN1CCC(N2CCN(C(=O)COC[C@@H]3COCCN3S(=O)(=O)c3c(F)cccc3F)CC2)CC1. The number of amides is 1. The topological polar surface area (TPSA) is 82.6 Å². The molecule has 0 unspecified atom stereocenters. The lowest BCUT2D eigenvalue weighted by Crippen LogP contribution is -2.55. The Morgan fingerprint density at radius 1 is 1.06 bits per heavy atom. The van der Waals surface area contributed by atoms with E-state index in [1.165, 1.54) is 0 Å². The number of halogens is 2. The van der Waals surface area contributed by atoms with Crippen molar-refractivity contribution < 1.29 is 31.5 Å². The Kier molecular flexibility index (Phi) is 8.71. The lowest BCUT2D eigenvalue weighted by Gasteiger charge is -2.42. The van der Waals surface area contributed by atoms with E-state index < -0.39 is 32.6 Å². The number of piperazine rings is 1. The number of piperidine rings is 1. The largest absolute Gasteiger partial charge is 0.378 e. The highest BCUT2D eigenvalue weighted by Gasteiger charge is 2.38. The first-order chi connectivity index (χ1) is 16.8. The minimum Gasteiger partial charge on any atom is -0.378 e. The van der Waals surface area contributed by atoms with Crippen LogP contribution in [0.1, 0.15) is 12.8 Å². The van der Waals surface area contributed by atoms with Crippen molar-refractivity contribution >= 4 is 15.9 Å². The van der Waals surface area contributed by atoms with Crippen LogP contribution < -0.4 is 0 Å². The van der Waals surface area contributed by atoms with Crippen LogP contribution in [0.2, 0.25) is 0 Å². The van der Waals surface area contributed by atoms with Crippen LogP contribution in [0.5, 0.6) is 0 Å². The van der Waals surface area contributed by atoms with Crippen LogP contribution >= 0.6 is 0 Å². The van der Waals surface area contributed by atoms with Crippen molar-refractivity contribution in [2.24, 2.45) is 0 Å². The average molecular weight is 517 g/mol. The smallest absolute Gasteiger partial charge is 0.249 e. The molecule has 3 saturated heterocycles. The molecule has 1 amide bonds. The Balaban J connectivity index is 1.27. The van der Waals surface area contributed by atoms with Crippen LogP contribution in [0, 0.1) is 11.6 Å². The molecule has 0 aromatic heterocycles. The molecule has 0 aliphatic carbocycles. The Labute approximate surface area is 205 Å². The number of sulfonamides is 1.